The molecule has 3 rings (SSSR count). The van der Waals surface area contributed by atoms with Crippen molar-refractivity contribution in [2.24, 2.45) is 0 Å². The van der Waals surface area contributed by atoms with Crippen molar-refractivity contribution < 1.29 is 4.74 Å². The minimum Gasteiger partial charge on any atom is -0.497 e. The second kappa shape index (κ2) is 5.82. The first-order chi connectivity index (χ1) is 10.2. The normalized spacial score (nSPS) is 18.0. The fraction of sp³-hybridized carbons (Fsp3) is 0.412. The number of benzene rings is 1. The van der Waals surface area contributed by atoms with Crippen LogP contribution in [0.2, 0.25) is 0 Å². The van der Waals surface area contributed by atoms with Crippen molar-refractivity contribution in [1.29, 1.82) is 0 Å². The van der Waals surface area contributed by atoms with Gasteiger partial charge in [-0.25, -0.2) is 9.97 Å². The molecule has 0 radical (unpaired) electrons. The molecule has 2 heterocycles. The van der Waals surface area contributed by atoms with Gasteiger partial charge in [-0.3, -0.25) is 0 Å². The maximum absolute atomic E-state index is 5.19. The largest absolute Gasteiger partial charge is 0.497 e. The summed E-state index contributed by atoms with van der Waals surface area (Å²) in [6.45, 7) is 5.25. The summed E-state index contributed by atoms with van der Waals surface area (Å²) in [5, 5.41) is 3.53. The van der Waals surface area contributed by atoms with Crippen molar-refractivity contribution in [2.75, 3.05) is 13.7 Å². The molecular formula is C17H21N3O. The van der Waals surface area contributed by atoms with E-state index in [1.54, 1.807) is 7.11 Å². The molecular weight excluding hydrogens is 262 g/mol. The summed E-state index contributed by atoms with van der Waals surface area (Å²) in [5.74, 6) is 1.63. The first-order valence-corrected chi connectivity index (χ1v) is 7.42. The quantitative estimate of drug-likeness (QED) is 0.939. The molecule has 0 aliphatic carbocycles. The van der Waals surface area contributed by atoms with Crippen LogP contribution in [0.3, 0.4) is 0 Å². The molecule has 2 aromatic rings. The van der Waals surface area contributed by atoms with E-state index < -0.39 is 0 Å². The average Bonchev–Trinajstić information content (AvgIpc) is 3.00. The number of hydrogen-bond acceptors (Lipinski definition) is 4. The number of hydrogen-bond donors (Lipinski definition) is 1. The number of nitrogens with one attached hydrogen (secondary N) is 1. The van der Waals surface area contributed by atoms with Crippen LogP contribution in [0.15, 0.2) is 24.3 Å². The van der Waals surface area contributed by atoms with Crippen molar-refractivity contribution >= 4 is 0 Å². The highest BCUT2D eigenvalue weighted by molar-refractivity contribution is 5.57. The lowest BCUT2D eigenvalue weighted by molar-refractivity contribution is 0.415. The van der Waals surface area contributed by atoms with Crippen LogP contribution in [0.25, 0.3) is 11.4 Å². The number of methoxy groups -OCH3 is 1. The van der Waals surface area contributed by atoms with E-state index >= 15 is 0 Å². The first-order valence-electron chi connectivity index (χ1n) is 7.42. The summed E-state index contributed by atoms with van der Waals surface area (Å²) < 4.78 is 5.19. The molecule has 1 aromatic heterocycles. The van der Waals surface area contributed by atoms with Crippen LogP contribution < -0.4 is 10.1 Å². The van der Waals surface area contributed by atoms with Crippen molar-refractivity contribution in [1.82, 2.24) is 15.3 Å². The number of rotatable bonds is 3. The van der Waals surface area contributed by atoms with Crippen molar-refractivity contribution in [2.45, 2.75) is 32.7 Å². The molecule has 0 amide bonds. The first kappa shape index (κ1) is 14.0. The highest BCUT2D eigenvalue weighted by atomic mass is 16.5. The fourth-order valence-corrected chi connectivity index (χ4v) is 3.03. The summed E-state index contributed by atoms with van der Waals surface area (Å²) in [7, 11) is 1.67. The van der Waals surface area contributed by atoms with Gasteiger partial charge in [0.2, 0.25) is 0 Å². The van der Waals surface area contributed by atoms with E-state index in [-0.39, 0.29) is 0 Å². The van der Waals surface area contributed by atoms with Crippen LogP contribution >= 0.6 is 0 Å². The molecule has 4 nitrogen and oxygen atoms in total. The van der Waals surface area contributed by atoms with Gasteiger partial charge < -0.3 is 10.1 Å². The molecule has 1 fully saturated rings. The van der Waals surface area contributed by atoms with Crippen LogP contribution in [0.1, 0.15) is 35.8 Å². The standard InChI is InChI=1S/C17H21N3O/c1-11-16(15-5-4-10-18-15)12(2)20-17(19-11)13-6-8-14(21-3)9-7-13/h6-9,15,18H,4-5,10H2,1-3H3. The van der Waals surface area contributed by atoms with Crippen LogP contribution in [0, 0.1) is 13.8 Å². The molecule has 1 atom stereocenters. The van der Waals surface area contributed by atoms with Crippen molar-refractivity contribution in [3.63, 3.8) is 0 Å². The Hall–Kier alpha value is -1.94. The molecule has 4 heteroatoms. The Labute approximate surface area is 125 Å². The SMILES string of the molecule is COc1ccc(-c2nc(C)c(C3CCCN3)c(C)n2)cc1. The fourth-order valence-electron chi connectivity index (χ4n) is 3.03. The zero-order valence-electron chi connectivity index (χ0n) is 12.8. The van der Waals surface area contributed by atoms with Crippen molar-refractivity contribution in [3.8, 4) is 17.1 Å². The summed E-state index contributed by atoms with van der Waals surface area (Å²) in [6.07, 6.45) is 2.40. The summed E-state index contributed by atoms with van der Waals surface area (Å²) in [5.41, 5.74) is 4.44. The smallest absolute Gasteiger partial charge is 0.159 e. The van der Waals surface area contributed by atoms with Gasteiger partial charge in [0.1, 0.15) is 5.75 Å². The van der Waals surface area contributed by atoms with Gasteiger partial charge in [0, 0.05) is 28.6 Å². The summed E-state index contributed by atoms with van der Waals surface area (Å²) in [6, 6.07) is 8.29. The number of ether oxygens (including phenoxy) is 1. The second-order valence-electron chi connectivity index (χ2n) is 5.51. The molecule has 21 heavy (non-hydrogen) atoms. The zero-order chi connectivity index (χ0) is 14.8. The summed E-state index contributed by atoms with van der Waals surface area (Å²) >= 11 is 0. The van der Waals surface area contributed by atoms with E-state index in [1.165, 1.54) is 18.4 Å². The average molecular weight is 283 g/mol. The highest BCUT2D eigenvalue weighted by Crippen LogP contribution is 2.29. The van der Waals surface area contributed by atoms with Gasteiger partial charge in [0.05, 0.1) is 7.11 Å². The van der Waals surface area contributed by atoms with Crippen molar-refractivity contribution in [3.05, 3.63) is 41.2 Å². The van der Waals surface area contributed by atoms with Gasteiger partial charge in [0.25, 0.3) is 0 Å². The lowest BCUT2D eigenvalue weighted by atomic mass is 10.0. The highest BCUT2D eigenvalue weighted by Gasteiger charge is 2.22. The Balaban J connectivity index is 1.96. The van der Waals surface area contributed by atoms with E-state index in [0.29, 0.717) is 6.04 Å². The lowest BCUT2D eigenvalue weighted by Crippen LogP contribution is -2.17. The van der Waals surface area contributed by atoms with Gasteiger partial charge >= 0.3 is 0 Å². The van der Waals surface area contributed by atoms with Crippen LogP contribution in [0.5, 0.6) is 5.75 Å². The zero-order valence-corrected chi connectivity index (χ0v) is 12.8. The Morgan fingerprint density at radius 2 is 1.76 bits per heavy atom. The monoisotopic (exact) mass is 283 g/mol. The molecule has 0 bridgehead atoms. The van der Waals surface area contributed by atoms with Gasteiger partial charge in [-0.05, 0) is 57.5 Å². The minimum atomic E-state index is 0.412. The van der Waals surface area contributed by atoms with E-state index in [0.717, 1.165) is 35.1 Å². The van der Waals surface area contributed by atoms with Gasteiger partial charge in [-0.1, -0.05) is 0 Å². The topological polar surface area (TPSA) is 47.0 Å². The van der Waals surface area contributed by atoms with Gasteiger partial charge in [0.15, 0.2) is 5.82 Å². The Bertz CT molecular complexity index is 608. The molecule has 1 saturated heterocycles. The Morgan fingerprint density at radius 3 is 2.29 bits per heavy atom. The van der Waals surface area contributed by atoms with Gasteiger partial charge in [-0.15, -0.1) is 0 Å². The third kappa shape index (κ3) is 2.76. The van der Waals surface area contributed by atoms with E-state index in [2.05, 4.69) is 19.2 Å². The lowest BCUT2D eigenvalue weighted by Gasteiger charge is -2.16. The Morgan fingerprint density at radius 1 is 1.10 bits per heavy atom. The minimum absolute atomic E-state index is 0.412. The molecule has 0 spiro atoms. The van der Waals surface area contributed by atoms with Crippen LogP contribution in [-0.4, -0.2) is 23.6 Å². The third-order valence-corrected chi connectivity index (χ3v) is 4.08. The van der Waals surface area contributed by atoms with Crippen LogP contribution in [-0.2, 0) is 0 Å². The molecule has 1 unspecified atom stereocenters. The van der Waals surface area contributed by atoms with E-state index in [1.807, 2.05) is 24.3 Å². The maximum atomic E-state index is 5.19. The number of aryl methyl sites for hydroxylation is 2. The van der Waals surface area contributed by atoms with E-state index in [4.69, 9.17) is 14.7 Å². The number of nitrogens with zero attached hydrogens (tertiary/aromatic N) is 2. The Kier molecular flexibility index (Phi) is 3.88. The second-order valence-corrected chi connectivity index (χ2v) is 5.51. The third-order valence-electron chi connectivity index (χ3n) is 4.08. The molecule has 1 N–H and O–H groups in total. The van der Waals surface area contributed by atoms with E-state index in [9.17, 15) is 0 Å². The molecule has 1 aliphatic heterocycles. The molecule has 110 valence electrons. The van der Waals surface area contributed by atoms with Crippen LogP contribution in [0.4, 0.5) is 0 Å². The molecule has 0 saturated carbocycles. The molecule has 1 aromatic carbocycles. The maximum Gasteiger partial charge on any atom is 0.159 e. The number of aromatic nitrogens is 2. The predicted octanol–water partition coefficient (Wildman–Crippen LogP) is 3.19. The predicted molar refractivity (Wildman–Crippen MR) is 83.5 cm³/mol. The summed E-state index contributed by atoms with van der Waals surface area (Å²) in [4.78, 5) is 9.42. The molecule has 1 aliphatic rings. The van der Waals surface area contributed by atoms with Gasteiger partial charge in [-0.2, -0.15) is 0 Å².